The lowest BCUT2D eigenvalue weighted by molar-refractivity contribution is -0.141. The van der Waals surface area contributed by atoms with Gasteiger partial charge >= 0.3 is 5.97 Å². The minimum Gasteiger partial charge on any atom is -0.481 e. The largest absolute Gasteiger partial charge is 0.481 e. The van der Waals surface area contributed by atoms with Gasteiger partial charge in [0, 0.05) is 12.6 Å². The normalized spacial score (nSPS) is 21.7. The Kier molecular flexibility index (Phi) is 4.73. The van der Waals surface area contributed by atoms with E-state index in [1.165, 1.54) is 6.33 Å². The Morgan fingerprint density at radius 3 is 2.95 bits per heavy atom. The SMILES string of the molecule is CCOc1cc(N(CC)C2COCC2C(=O)O)ncn1. The summed E-state index contributed by atoms with van der Waals surface area (Å²) in [5.74, 6) is -0.236. The fraction of sp³-hybridized carbons (Fsp3) is 0.615. The average molecular weight is 281 g/mol. The zero-order chi connectivity index (χ0) is 14.5. The molecular weight excluding hydrogens is 262 g/mol. The van der Waals surface area contributed by atoms with Crippen molar-refractivity contribution in [1.29, 1.82) is 0 Å². The summed E-state index contributed by atoms with van der Waals surface area (Å²) in [6, 6.07) is 1.51. The standard InChI is InChI=1S/C13H19N3O4/c1-3-16(10-7-19-6-9(10)13(17)18)11-5-12(20-4-2)15-8-14-11/h5,8-10H,3-4,6-7H2,1-2H3,(H,17,18). The average Bonchev–Trinajstić information content (AvgIpc) is 2.90. The zero-order valence-electron chi connectivity index (χ0n) is 11.7. The molecule has 0 aliphatic carbocycles. The molecule has 2 heterocycles. The number of rotatable bonds is 6. The van der Waals surface area contributed by atoms with Crippen molar-refractivity contribution in [2.24, 2.45) is 5.92 Å². The Labute approximate surface area is 117 Å². The highest BCUT2D eigenvalue weighted by atomic mass is 16.5. The summed E-state index contributed by atoms with van der Waals surface area (Å²) in [6.45, 7) is 5.62. The molecule has 0 bridgehead atoms. The van der Waals surface area contributed by atoms with Gasteiger partial charge in [0.1, 0.15) is 18.1 Å². The lowest BCUT2D eigenvalue weighted by atomic mass is 10.0. The van der Waals surface area contributed by atoms with Crippen molar-refractivity contribution in [2.75, 3.05) is 31.3 Å². The quantitative estimate of drug-likeness (QED) is 0.825. The van der Waals surface area contributed by atoms with Crippen LogP contribution in [0.15, 0.2) is 12.4 Å². The van der Waals surface area contributed by atoms with E-state index < -0.39 is 11.9 Å². The molecule has 0 spiro atoms. The van der Waals surface area contributed by atoms with Crippen LogP contribution < -0.4 is 9.64 Å². The highest BCUT2D eigenvalue weighted by Crippen LogP contribution is 2.25. The van der Waals surface area contributed by atoms with Gasteiger partial charge in [0.05, 0.1) is 25.9 Å². The van der Waals surface area contributed by atoms with Gasteiger partial charge in [0.15, 0.2) is 0 Å². The van der Waals surface area contributed by atoms with Gasteiger partial charge in [0.2, 0.25) is 5.88 Å². The van der Waals surface area contributed by atoms with Crippen LogP contribution in [0.5, 0.6) is 5.88 Å². The predicted octanol–water partition coefficient (Wildman–Crippen LogP) is 0.801. The monoisotopic (exact) mass is 281 g/mol. The lowest BCUT2D eigenvalue weighted by Gasteiger charge is -2.30. The number of carbonyl (C=O) groups is 1. The Hall–Kier alpha value is -1.89. The van der Waals surface area contributed by atoms with Gasteiger partial charge in [-0.25, -0.2) is 9.97 Å². The molecule has 2 unspecified atom stereocenters. The van der Waals surface area contributed by atoms with Gasteiger partial charge in [0.25, 0.3) is 0 Å². The van der Waals surface area contributed by atoms with Crippen molar-refractivity contribution < 1.29 is 19.4 Å². The van der Waals surface area contributed by atoms with E-state index in [2.05, 4.69) is 9.97 Å². The number of carboxylic acids is 1. The van der Waals surface area contributed by atoms with Crippen molar-refractivity contribution in [3.05, 3.63) is 12.4 Å². The summed E-state index contributed by atoms with van der Waals surface area (Å²) in [7, 11) is 0. The molecule has 1 N–H and O–H groups in total. The van der Waals surface area contributed by atoms with Crippen molar-refractivity contribution in [2.45, 2.75) is 19.9 Å². The van der Waals surface area contributed by atoms with E-state index >= 15 is 0 Å². The molecule has 110 valence electrons. The van der Waals surface area contributed by atoms with Crippen LogP contribution in [0, 0.1) is 5.92 Å². The first kappa shape index (κ1) is 14.5. The number of anilines is 1. The molecule has 1 saturated heterocycles. The molecule has 0 aromatic carbocycles. The van der Waals surface area contributed by atoms with Gasteiger partial charge in [-0.3, -0.25) is 4.79 Å². The third-order valence-corrected chi connectivity index (χ3v) is 3.32. The number of carboxylic acid groups (broad SMARTS) is 1. The van der Waals surface area contributed by atoms with Crippen LogP contribution in [0.25, 0.3) is 0 Å². The van der Waals surface area contributed by atoms with Crippen LogP contribution in [0.2, 0.25) is 0 Å². The molecule has 0 saturated carbocycles. The van der Waals surface area contributed by atoms with E-state index in [0.717, 1.165) is 0 Å². The number of hydrogen-bond acceptors (Lipinski definition) is 6. The van der Waals surface area contributed by atoms with E-state index in [0.29, 0.717) is 31.5 Å². The maximum atomic E-state index is 11.3. The molecule has 0 amide bonds. The van der Waals surface area contributed by atoms with Crippen LogP contribution in [-0.4, -0.2) is 53.5 Å². The number of likely N-dealkylation sites (N-methyl/N-ethyl adjacent to an activating group) is 1. The number of ether oxygens (including phenoxy) is 2. The Morgan fingerprint density at radius 1 is 1.50 bits per heavy atom. The maximum Gasteiger partial charge on any atom is 0.311 e. The maximum absolute atomic E-state index is 11.3. The molecule has 1 aliphatic rings. The molecule has 2 atom stereocenters. The van der Waals surface area contributed by atoms with Crippen LogP contribution in [0.1, 0.15) is 13.8 Å². The van der Waals surface area contributed by atoms with Crippen molar-refractivity contribution >= 4 is 11.8 Å². The fourth-order valence-electron chi connectivity index (χ4n) is 2.37. The topological polar surface area (TPSA) is 84.8 Å². The highest BCUT2D eigenvalue weighted by Gasteiger charge is 2.38. The van der Waals surface area contributed by atoms with Crippen LogP contribution >= 0.6 is 0 Å². The molecule has 1 fully saturated rings. The summed E-state index contributed by atoms with van der Waals surface area (Å²) < 4.78 is 10.7. The Morgan fingerprint density at radius 2 is 2.30 bits per heavy atom. The number of aromatic nitrogens is 2. The number of hydrogen-bond donors (Lipinski definition) is 1. The second-order valence-electron chi connectivity index (χ2n) is 4.48. The summed E-state index contributed by atoms with van der Waals surface area (Å²) in [4.78, 5) is 21.4. The van der Waals surface area contributed by atoms with Crippen molar-refractivity contribution in [3.8, 4) is 5.88 Å². The second kappa shape index (κ2) is 6.51. The highest BCUT2D eigenvalue weighted by molar-refractivity contribution is 5.72. The van der Waals surface area contributed by atoms with Gasteiger partial charge in [-0.05, 0) is 13.8 Å². The molecular formula is C13H19N3O4. The lowest BCUT2D eigenvalue weighted by Crippen LogP contribution is -2.43. The van der Waals surface area contributed by atoms with E-state index in [9.17, 15) is 9.90 Å². The molecule has 1 aromatic rings. The van der Waals surface area contributed by atoms with Gasteiger partial charge in [-0.1, -0.05) is 0 Å². The van der Waals surface area contributed by atoms with Crippen LogP contribution in [-0.2, 0) is 9.53 Å². The number of aliphatic carboxylic acids is 1. The molecule has 2 rings (SSSR count). The van der Waals surface area contributed by atoms with E-state index in [4.69, 9.17) is 9.47 Å². The molecule has 0 radical (unpaired) electrons. The summed E-state index contributed by atoms with van der Waals surface area (Å²) in [6.07, 6.45) is 1.43. The van der Waals surface area contributed by atoms with Gasteiger partial charge in [-0.2, -0.15) is 0 Å². The van der Waals surface area contributed by atoms with Gasteiger partial charge in [-0.15, -0.1) is 0 Å². The Balaban J connectivity index is 2.23. The molecule has 20 heavy (non-hydrogen) atoms. The van der Waals surface area contributed by atoms with Crippen LogP contribution in [0.3, 0.4) is 0 Å². The molecule has 1 aliphatic heterocycles. The smallest absolute Gasteiger partial charge is 0.311 e. The first-order valence-electron chi connectivity index (χ1n) is 6.69. The second-order valence-corrected chi connectivity index (χ2v) is 4.48. The third-order valence-electron chi connectivity index (χ3n) is 3.32. The summed E-state index contributed by atoms with van der Waals surface area (Å²) >= 11 is 0. The van der Waals surface area contributed by atoms with Crippen molar-refractivity contribution in [3.63, 3.8) is 0 Å². The minimum absolute atomic E-state index is 0.220. The third kappa shape index (κ3) is 2.98. The first-order chi connectivity index (χ1) is 9.67. The van der Waals surface area contributed by atoms with E-state index in [1.54, 1.807) is 6.07 Å². The summed E-state index contributed by atoms with van der Waals surface area (Å²) in [5.41, 5.74) is 0. The molecule has 7 nitrogen and oxygen atoms in total. The zero-order valence-corrected chi connectivity index (χ0v) is 11.7. The van der Waals surface area contributed by atoms with E-state index in [-0.39, 0.29) is 12.6 Å². The van der Waals surface area contributed by atoms with Crippen molar-refractivity contribution in [1.82, 2.24) is 9.97 Å². The van der Waals surface area contributed by atoms with Crippen LogP contribution in [0.4, 0.5) is 5.82 Å². The minimum atomic E-state index is -0.843. The first-order valence-corrected chi connectivity index (χ1v) is 6.69. The molecule has 7 heteroatoms. The number of nitrogens with zero attached hydrogens (tertiary/aromatic N) is 3. The fourth-order valence-corrected chi connectivity index (χ4v) is 2.37. The predicted molar refractivity (Wildman–Crippen MR) is 72.0 cm³/mol. The summed E-state index contributed by atoms with van der Waals surface area (Å²) in [5, 5.41) is 9.25. The van der Waals surface area contributed by atoms with Gasteiger partial charge < -0.3 is 19.5 Å². The van der Waals surface area contributed by atoms with E-state index in [1.807, 2.05) is 18.7 Å². The molecule has 1 aromatic heterocycles. The Bertz CT molecular complexity index is 469.